The zero-order valence-electron chi connectivity index (χ0n) is 26.0. The van der Waals surface area contributed by atoms with Crippen LogP contribution in [0.1, 0.15) is 21.5 Å². The van der Waals surface area contributed by atoms with Crippen LogP contribution >= 0.6 is 0 Å². The summed E-state index contributed by atoms with van der Waals surface area (Å²) >= 11 is 0. The number of ether oxygens (including phenoxy) is 2. The number of rotatable bonds is 8. The van der Waals surface area contributed by atoms with Gasteiger partial charge in [-0.2, -0.15) is 13.2 Å². The van der Waals surface area contributed by atoms with Crippen molar-refractivity contribution in [1.82, 2.24) is 15.3 Å². The molecule has 0 saturated carbocycles. The smallest absolute Gasteiger partial charge is 0.411 e. The van der Waals surface area contributed by atoms with Gasteiger partial charge in [-0.1, -0.05) is 18.2 Å². The van der Waals surface area contributed by atoms with E-state index in [1.165, 1.54) is 0 Å². The lowest BCUT2D eigenvalue weighted by atomic mass is 9.96. The van der Waals surface area contributed by atoms with Gasteiger partial charge >= 0.3 is 12.1 Å². The van der Waals surface area contributed by atoms with Crippen LogP contribution in [0, 0.1) is 18.6 Å². The second kappa shape index (κ2) is 13.5. The Bertz CT molecular complexity index is 1790. The largest absolute Gasteiger partial charge is 0.467 e. The number of pyridine rings is 2. The highest BCUT2D eigenvalue weighted by molar-refractivity contribution is 5.99. The fraction of sp³-hybridized carbons (Fsp3) is 0.333. The number of carbonyl (C=O) groups is 2. The highest BCUT2D eigenvalue weighted by Gasteiger charge is 2.46. The van der Waals surface area contributed by atoms with Gasteiger partial charge in [-0.15, -0.1) is 0 Å². The van der Waals surface area contributed by atoms with Crippen molar-refractivity contribution < 1.29 is 41.0 Å². The molecule has 1 aliphatic rings. The number of benzene rings is 2. The number of nitrogens with one attached hydrogen (secondary N) is 1. The van der Waals surface area contributed by atoms with E-state index in [0.29, 0.717) is 34.3 Å². The zero-order chi connectivity index (χ0) is 34.0. The van der Waals surface area contributed by atoms with Gasteiger partial charge in [-0.05, 0) is 42.3 Å². The van der Waals surface area contributed by atoms with E-state index in [0.717, 1.165) is 28.8 Å². The first-order chi connectivity index (χ1) is 22.3. The van der Waals surface area contributed by atoms with Crippen molar-refractivity contribution in [3.8, 4) is 11.3 Å². The SMILES string of the molecule is COC(=O)[C@H](Cc1ccc(-c2ncc(C)cc2N(C)C)c2ncccc12)NC(=O)c1c(F)cc(N2CCOC[C@@H]2C(F)(F)F)cc1F. The molecular formula is C33H32F5N5O4. The lowest BCUT2D eigenvalue weighted by molar-refractivity contribution is -0.167. The maximum Gasteiger partial charge on any atom is 0.411 e. The first kappa shape index (κ1) is 33.5. The number of hydrogen-bond acceptors (Lipinski definition) is 8. The van der Waals surface area contributed by atoms with Crippen molar-refractivity contribution in [2.45, 2.75) is 31.6 Å². The first-order valence-electron chi connectivity index (χ1n) is 14.6. The minimum Gasteiger partial charge on any atom is -0.467 e. The number of hydrogen-bond donors (Lipinski definition) is 1. The van der Waals surface area contributed by atoms with Gasteiger partial charge in [-0.25, -0.2) is 13.6 Å². The standard InChI is InChI=1S/C33H32F5N5O4/c1-18-12-26(42(2)3)30(40-16-18)22-8-7-19(21-6-5-9-39-29(21)22)13-25(32(45)46-4)41-31(44)28-23(34)14-20(15-24(28)35)43-10-11-47-17-27(43)33(36,37)38/h5-9,12,14-16,25,27H,10-11,13,17H2,1-4H3,(H,41,44)/t25-,27+/m0/s1. The molecule has 0 bridgehead atoms. The third-order valence-electron chi connectivity index (χ3n) is 7.91. The van der Waals surface area contributed by atoms with Crippen molar-refractivity contribution in [2.24, 2.45) is 0 Å². The fourth-order valence-corrected chi connectivity index (χ4v) is 5.62. The van der Waals surface area contributed by atoms with Crippen LogP contribution in [0.25, 0.3) is 22.2 Å². The molecule has 1 amide bonds. The maximum atomic E-state index is 15.3. The monoisotopic (exact) mass is 657 g/mol. The molecule has 0 aliphatic carbocycles. The number of aryl methyl sites for hydroxylation is 1. The van der Waals surface area contributed by atoms with Crippen molar-refractivity contribution in [2.75, 3.05) is 50.8 Å². The summed E-state index contributed by atoms with van der Waals surface area (Å²) in [5.41, 5.74) is 2.94. The van der Waals surface area contributed by atoms with Crippen LogP contribution in [0.4, 0.5) is 33.3 Å². The number of fused-ring (bicyclic) bond motifs is 1. The van der Waals surface area contributed by atoms with Crippen LogP contribution in [0.5, 0.6) is 0 Å². The molecule has 1 aliphatic heterocycles. The molecule has 3 heterocycles. The van der Waals surface area contributed by atoms with E-state index < -0.39 is 59.6 Å². The lowest BCUT2D eigenvalue weighted by Crippen LogP contribution is -2.53. The number of alkyl halides is 3. The van der Waals surface area contributed by atoms with E-state index in [2.05, 4.69) is 15.3 Å². The molecule has 47 heavy (non-hydrogen) atoms. The molecule has 9 nitrogen and oxygen atoms in total. The van der Waals surface area contributed by atoms with Crippen LogP contribution in [0.2, 0.25) is 0 Å². The number of amides is 1. The minimum atomic E-state index is -4.72. The van der Waals surface area contributed by atoms with E-state index in [-0.39, 0.29) is 19.6 Å². The molecule has 1 saturated heterocycles. The Labute approximate surface area is 267 Å². The van der Waals surface area contributed by atoms with Crippen LogP contribution in [0.15, 0.2) is 54.9 Å². The Kier molecular flexibility index (Phi) is 9.61. The van der Waals surface area contributed by atoms with Gasteiger partial charge in [0.2, 0.25) is 0 Å². The molecule has 248 valence electrons. The molecule has 2 aromatic heterocycles. The quantitative estimate of drug-likeness (QED) is 0.203. The molecule has 4 aromatic rings. The Hall–Kier alpha value is -4.85. The number of esters is 1. The molecule has 1 fully saturated rings. The van der Waals surface area contributed by atoms with Gasteiger partial charge in [0.05, 0.1) is 37.2 Å². The summed E-state index contributed by atoms with van der Waals surface area (Å²) in [6, 6.07) is 6.85. The first-order valence-corrected chi connectivity index (χ1v) is 14.6. The number of carbonyl (C=O) groups excluding carboxylic acids is 2. The van der Waals surface area contributed by atoms with Crippen LogP contribution in [-0.4, -0.2) is 81.1 Å². The number of methoxy groups -OCH3 is 1. The van der Waals surface area contributed by atoms with Gasteiger partial charge in [0, 0.05) is 56.1 Å². The predicted molar refractivity (Wildman–Crippen MR) is 165 cm³/mol. The van der Waals surface area contributed by atoms with Gasteiger partial charge in [0.25, 0.3) is 5.91 Å². The van der Waals surface area contributed by atoms with Gasteiger partial charge in [0.15, 0.2) is 0 Å². The third kappa shape index (κ3) is 6.97. The van der Waals surface area contributed by atoms with Gasteiger partial charge < -0.3 is 24.6 Å². The molecule has 5 rings (SSSR count). The van der Waals surface area contributed by atoms with Gasteiger partial charge in [0.1, 0.15) is 29.3 Å². The van der Waals surface area contributed by atoms with E-state index >= 15 is 8.78 Å². The minimum absolute atomic E-state index is 0.0810. The molecular weight excluding hydrogens is 625 g/mol. The second-order valence-electron chi connectivity index (χ2n) is 11.3. The van der Waals surface area contributed by atoms with Crippen LogP contribution in [0.3, 0.4) is 0 Å². The lowest BCUT2D eigenvalue weighted by Gasteiger charge is -2.38. The molecule has 1 N–H and O–H groups in total. The molecule has 0 spiro atoms. The summed E-state index contributed by atoms with van der Waals surface area (Å²) in [5.74, 6) is -4.95. The Morgan fingerprint density at radius 2 is 1.85 bits per heavy atom. The average Bonchev–Trinajstić information content (AvgIpc) is 3.03. The Morgan fingerprint density at radius 3 is 2.51 bits per heavy atom. The molecule has 0 unspecified atom stereocenters. The summed E-state index contributed by atoms with van der Waals surface area (Å²) < 4.78 is 81.0. The summed E-state index contributed by atoms with van der Waals surface area (Å²) in [6.07, 6.45) is -1.50. The van der Waals surface area contributed by atoms with Crippen molar-refractivity contribution in [3.63, 3.8) is 0 Å². The van der Waals surface area contributed by atoms with Crippen LogP contribution in [-0.2, 0) is 20.7 Å². The summed E-state index contributed by atoms with van der Waals surface area (Å²) in [4.78, 5) is 38.0. The summed E-state index contributed by atoms with van der Waals surface area (Å²) in [7, 11) is 4.90. The average molecular weight is 658 g/mol. The number of morpholine rings is 1. The van der Waals surface area contributed by atoms with E-state index in [1.807, 2.05) is 32.0 Å². The zero-order valence-corrected chi connectivity index (χ0v) is 26.0. The van der Waals surface area contributed by atoms with E-state index in [1.54, 1.807) is 36.7 Å². The fourth-order valence-electron chi connectivity index (χ4n) is 5.62. The van der Waals surface area contributed by atoms with Crippen molar-refractivity contribution in [1.29, 1.82) is 0 Å². The topological polar surface area (TPSA) is 96.9 Å². The van der Waals surface area contributed by atoms with Gasteiger partial charge in [-0.3, -0.25) is 14.8 Å². The highest BCUT2D eigenvalue weighted by Crippen LogP contribution is 2.35. The Balaban J connectivity index is 1.46. The molecule has 0 radical (unpaired) electrons. The molecule has 2 atom stereocenters. The number of aromatic nitrogens is 2. The number of anilines is 2. The summed E-state index contributed by atoms with van der Waals surface area (Å²) in [6.45, 7) is 0.878. The predicted octanol–water partition coefficient (Wildman–Crippen LogP) is 5.23. The molecule has 2 aromatic carbocycles. The second-order valence-corrected chi connectivity index (χ2v) is 11.3. The Morgan fingerprint density at radius 1 is 1.13 bits per heavy atom. The third-order valence-corrected chi connectivity index (χ3v) is 7.91. The van der Waals surface area contributed by atoms with Crippen LogP contribution < -0.4 is 15.1 Å². The number of halogens is 5. The maximum absolute atomic E-state index is 15.3. The molecule has 14 heteroatoms. The number of nitrogens with zero attached hydrogens (tertiary/aromatic N) is 4. The highest BCUT2D eigenvalue weighted by atomic mass is 19.4. The van der Waals surface area contributed by atoms with Crippen molar-refractivity contribution in [3.05, 3.63) is 83.2 Å². The normalized spacial score (nSPS) is 15.8. The van der Waals surface area contributed by atoms with E-state index in [4.69, 9.17) is 9.47 Å². The summed E-state index contributed by atoms with van der Waals surface area (Å²) in [5, 5.41) is 2.99. The van der Waals surface area contributed by atoms with E-state index in [9.17, 15) is 22.8 Å². The van der Waals surface area contributed by atoms with Crippen molar-refractivity contribution >= 4 is 34.2 Å².